The lowest BCUT2D eigenvalue weighted by molar-refractivity contribution is 0.610. The van der Waals surface area contributed by atoms with E-state index in [0.29, 0.717) is 10.6 Å². The SMILES string of the molecule is CCSS(=O)(=O)c1cccc(NC)c1. The fraction of sp³-hybridized carbons (Fsp3) is 0.333. The Labute approximate surface area is 88.2 Å². The first-order valence-corrected chi connectivity index (χ1v) is 7.26. The molecule has 0 amide bonds. The predicted octanol–water partition coefficient (Wildman–Crippen LogP) is 2.17. The van der Waals surface area contributed by atoms with Gasteiger partial charge in [-0.2, -0.15) is 0 Å². The molecule has 0 fully saturated rings. The average molecular weight is 231 g/mol. The summed E-state index contributed by atoms with van der Waals surface area (Å²) in [5, 5.41) is 2.91. The fourth-order valence-electron chi connectivity index (χ4n) is 1.03. The molecule has 1 rings (SSSR count). The first kappa shape index (κ1) is 11.4. The van der Waals surface area contributed by atoms with Crippen LogP contribution >= 0.6 is 10.8 Å². The van der Waals surface area contributed by atoms with Crippen LogP contribution in [-0.4, -0.2) is 21.2 Å². The smallest absolute Gasteiger partial charge is 0.230 e. The minimum Gasteiger partial charge on any atom is -0.388 e. The van der Waals surface area contributed by atoms with Crippen LogP contribution in [-0.2, 0) is 8.87 Å². The lowest BCUT2D eigenvalue weighted by atomic mass is 10.3. The van der Waals surface area contributed by atoms with Crippen molar-refractivity contribution in [2.24, 2.45) is 0 Å². The van der Waals surface area contributed by atoms with Crippen molar-refractivity contribution >= 4 is 25.4 Å². The van der Waals surface area contributed by atoms with Gasteiger partial charge in [-0.25, -0.2) is 8.42 Å². The molecular weight excluding hydrogens is 218 g/mol. The summed E-state index contributed by atoms with van der Waals surface area (Å²) in [6.07, 6.45) is 0. The Morgan fingerprint density at radius 1 is 1.43 bits per heavy atom. The van der Waals surface area contributed by atoms with Crippen LogP contribution < -0.4 is 5.32 Å². The molecule has 78 valence electrons. The van der Waals surface area contributed by atoms with Crippen LogP contribution in [0.4, 0.5) is 5.69 Å². The molecule has 14 heavy (non-hydrogen) atoms. The van der Waals surface area contributed by atoms with Crippen LogP contribution in [0.25, 0.3) is 0 Å². The van der Waals surface area contributed by atoms with Crippen LogP contribution in [0.5, 0.6) is 0 Å². The molecule has 1 N–H and O–H groups in total. The van der Waals surface area contributed by atoms with Crippen molar-refractivity contribution in [3.05, 3.63) is 24.3 Å². The molecule has 5 heteroatoms. The summed E-state index contributed by atoms with van der Waals surface area (Å²) in [6, 6.07) is 6.81. The Morgan fingerprint density at radius 2 is 2.14 bits per heavy atom. The minimum absolute atomic E-state index is 0.358. The molecule has 1 aromatic rings. The number of rotatable bonds is 4. The summed E-state index contributed by atoms with van der Waals surface area (Å²) in [4.78, 5) is 0.358. The molecule has 3 nitrogen and oxygen atoms in total. The summed E-state index contributed by atoms with van der Waals surface area (Å²) in [6.45, 7) is 1.82. The van der Waals surface area contributed by atoms with Crippen molar-refractivity contribution in [2.45, 2.75) is 11.8 Å². The van der Waals surface area contributed by atoms with Gasteiger partial charge in [-0.05, 0) is 29.0 Å². The van der Waals surface area contributed by atoms with Crippen LogP contribution in [0.15, 0.2) is 29.2 Å². The highest BCUT2D eigenvalue weighted by Crippen LogP contribution is 2.24. The van der Waals surface area contributed by atoms with Crippen LogP contribution in [0.3, 0.4) is 0 Å². The highest BCUT2D eigenvalue weighted by molar-refractivity contribution is 8.72. The van der Waals surface area contributed by atoms with Crippen LogP contribution in [0.2, 0.25) is 0 Å². The molecule has 0 aliphatic heterocycles. The lowest BCUT2D eigenvalue weighted by Crippen LogP contribution is -1.97. The van der Waals surface area contributed by atoms with E-state index in [1.165, 1.54) is 0 Å². The number of anilines is 1. The summed E-state index contributed by atoms with van der Waals surface area (Å²) >= 11 is 0. The Balaban J connectivity index is 3.07. The highest BCUT2D eigenvalue weighted by atomic mass is 33.1. The normalized spacial score (nSPS) is 11.3. The molecule has 0 aromatic heterocycles. The van der Waals surface area contributed by atoms with Gasteiger partial charge in [-0.1, -0.05) is 13.0 Å². The van der Waals surface area contributed by atoms with Crippen molar-refractivity contribution < 1.29 is 8.42 Å². The van der Waals surface area contributed by atoms with Gasteiger partial charge in [0, 0.05) is 18.5 Å². The number of hydrogen-bond acceptors (Lipinski definition) is 4. The molecule has 0 aliphatic carbocycles. The zero-order chi connectivity index (χ0) is 10.6. The van der Waals surface area contributed by atoms with E-state index in [-0.39, 0.29) is 0 Å². The lowest BCUT2D eigenvalue weighted by Gasteiger charge is -2.04. The molecule has 0 aliphatic rings. The average Bonchev–Trinajstić information content (AvgIpc) is 2.18. The van der Waals surface area contributed by atoms with E-state index in [4.69, 9.17) is 0 Å². The van der Waals surface area contributed by atoms with Crippen LogP contribution in [0.1, 0.15) is 6.92 Å². The second kappa shape index (κ2) is 4.70. The molecule has 0 unspecified atom stereocenters. The fourth-order valence-corrected chi connectivity index (χ4v) is 3.64. The van der Waals surface area contributed by atoms with Gasteiger partial charge in [0.15, 0.2) is 0 Å². The summed E-state index contributed by atoms with van der Waals surface area (Å²) in [5.41, 5.74) is 0.808. The Kier molecular flexibility index (Phi) is 3.83. The third-order valence-electron chi connectivity index (χ3n) is 1.68. The molecule has 0 saturated carbocycles. The van der Waals surface area contributed by atoms with Gasteiger partial charge in [0.1, 0.15) is 0 Å². The van der Waals surface area contributed by atoms with Gasteiger partial charge in [0.05, 0.1) is 4.90 Å². The van der Waals surface area contributed by atoms with Crippen molar-refractivity contribution in [2.75, 3.05) is 18.1 Å². The third kappa shape index (κ3) is 2.65. The molecule has 0 saturated heterocycles. The molecule has 0 atom stereocenters. The minimum atomic E-state index is -3.17. The molecular formula is C9H13NO2S2. The maximum Gasteiger partial charge on any atom is 0.230 e. The number of hydrogen-bond donors (Lipinski definition) is 1. The summed E-state index contributed by atoms with van der Waals surface area (Å²) in [7, 11) is -0.453. The molecule has 1 aromatic carbocycles. The first-order valence-electron chi connectivity index (χ1n) is 4.27. The summed E-state index contributed by atoms with van der Waals surface area (Å²) < 4.78 is 23.3. The standard InChI is InChI=1S/C9H13NO2S2/c1-3-13-14(11,12)9-6-4-5-8(7-9)10-2/h4-7,10H,3H2,1-2H3. The maximum absolute atomic E-state index is 11.6. The number of nitrogens with one attached hydrogen (secondary N) is 1. The quantitative estimate of drug-likeness (QED) is 0.807. The zero-order valence-corrected chi connectivity index (χ0v) is 9.78. The van der Waals surface area contributed by atoms with E-state index in [1.54, 1.807) is 25.2 Å². The van der Waals surface area contributed by atoms with Gasteiger partial charge in [0.25, 0.3) is 0 Å². The van der Waals surface area contributed by atoms with Gasteiger partial charge >= 0.3 is 0 Å². The molecule has 0 radical (unpaired) electrons. The monoisotopic (exact) mass is 231 g/mol. The van der Waals surface area contributed by atoms with Crippen LogP contribution in [0, 0.1) is 0 Å². The molecule has 0 spiro atoms. The van der Waals surface area contributed by atoms with E-state index < -0.39 is 8.87 Å². The second-order valence-corrected chi connectivity index (χ2v) is 6.85. The van der Waals surface area contributed by atoms with E-state index in [1.807, 2.05) is 13.0 Å². The predicted molar refractivity (Wildman–Crippen MR) is 61.3 cm³/mol. The maximum atomic E-state index is 11.6. The van der Waals surface area contributed by atoms with E-state index in [2.05, 4.69) is 5.32 Å². The highest BCUT2D eigenvalue weighted by Gasteiger charge is 2.13. The van der Waals surface area contributed by atoms with Gasteiger partial charge in [0.2, 0.25) is 8.87 Å². The topological polar surface area (TPSA) is 46.2 Å². The third-order valence-corrected chi connectivity index (χ3v) is 5.28. The van der Waals surface area contributed by atoms with E-state index in [0.717, 1.165) is 16.5 Å². The molecule has 0 heterocycles. The van der Waals surface area contributed by atoms with Gasteiger partial charge < -0.3 is 5.32 Å². The van der Waals surface area contributed by atoms with Crippen molar-refractivity contribution in [3.8, 4) is 0 Å². The van der Waals surface area contributed by atoms with Crippen molar-refractivity contribution in [1.29, 1.82) is 0 Å². The second-order valence-electron chi connectivity index (χ2n) is 2.64. The van der Waals surface area contributed by atoms with Crippen molar-refractivity contribution in [3.63, 3.8) is 0 Å². The van der Waals surface area contributed by atoms with E-state index in [9.17, 15) is 8.42 Å². The largest absolute Gasteiger partial charge is 0.388 e. The summed E-state index contributed by atoms with van der Waals surface area (Å²) in [5.74, 6) is 0.562. The zero-order valence-electron chi connectivity index (χ0n) is 8.15. The van der Waals surface area contributed by atoms with Gasteiger partial charge in [-0.15, -0.1) is 0 Å². The Hall–Kier alpha value is -0.680. The van der Waals surface area contributed by atoms with E-state index >= 15 is 0 Å². The Morgan fingerprint density at radius 3 is 2.71 bits per heavy atom. The number of benzene rings is 1. The Bertz CT molecular complexity index is 401. The molecule has 0 bridgehead atoms. The van der Waals surface area contributed by atoms with Gasteiger partial charge in [-0.3, -0.25) is 0 Å². The van der Waals surface area contributed by atoms with Crippen molar-refractivity contribution in [1.82, 2.24) is 0 Å². The first-order chi connectivity index (χ1) is 6.60.